The minimum atomic E-state index is -3.74. The molecule has 0 atom stereocenters. The van der Waals surface area contributed by atoms with Crippen molar-refractivity contribution in [2.45, 2.75) is 43.5 Å². The molecule has 0 bridgehead atoms. The van der Waals surface area contributed by atoms with Crippen molar-refractivity contribution in [3.63, 3.8) is 0 Å². The summed E-state index contributed by atoms with van der Waals surface area (Å²) in [5, 5.41) is 2.96. The van der Waals surface area contributed by atoms with Gasteiger partial charge >= 0.3 is 0 Å². The lowest BCUT2D eigenvalue weighted by Crippen LogP contribution is -2.26. The second-order valence-corrected chi connectivity index (χ2v) is 8.83. The van der Waals surface area contributed by atoms with Gasteiger partial charge in [-0.25, -0.2) is 13.1 Å². The molecule has 0 radical (unpaired) electrons. The maximum Gasteiger partial charge on any atom is 0.255 e. The number of para-hydroxylation sites is 1. The molecule has 7 heteroatoms. The molecule has 0 unspecified atom stereocenters. The van der Waals surface area contributed by atoms with Crippen molar-refractivity contribution in [2.24, 2.45) is 0 Å². The van der Waals surface area contributed by atoms with Gasteiger partial charge in [-0.05, 0) is 48.6 Å². The van der Waals surface area contributed by atoms with Gasteiger partial charge in [0.15, 0.2) is 0 Å². The second kappa shape index (κ2) is 7.39. The van der Waals surface area contributed by atoms with Crippen LogP contribution in [-0.2, 0) is 10.0 Å². The molecule has 2 N–H and O–H groups in total. The molecule has 0 aliphatic heterocycles. The number of anilines is 1. The molecule has 138 valence electrons. The third-order valence-corrected chi connectivity index (χ3v) is 6.22. The number of carbonyl (C=O) groups excluding carboxylic acids is 1. The third kappa shape index (κ3) is 4.26. The van der Waals surface area contributed by atoms with Crippen LogP contribution in [0.5, 0.6) is 0 Å². The standard InChI is InChI=1S/C19H21ClN2O3S/c1-12(2)15-5-3-4-6-17(15)21-19(23)13-7-10-16(20)18(11-13)26(24,25)22-14-8-9-14/h3-7,10-12,14,22H,8-9H2,1-2H3,(H,21,23). The average Bonchev–Trinajstić information content (AvgIpc) is 3.38. The summed E-state index contributed by atoms with van der Waals surface area (Å²) in [4.78, 5) is 12.6. The van der Waals surface area contributed by atoms with Crippen molar-refractivity contribution in [3.05, 3.63) is 58.6 Å². The van der Waals surface area contributed by atoms with Crippen molar-refractivity contribution in [2.75, 3.05) is 5.32 Å². The first-order chi connectivity index (χ1) is 12.3. The smallest absolute Gasteiger partial charge is 0.255 e. The van der Waals surface area contributed by atoms with Gasteiger partial charge in [-0.1, -0.05) is 43.6 Å². The largest absolute Gasteiger partial charge is 0.322 e. The van der Waals surface area contributed by atoms with E-state index in [9.17, 15) is 13.2 Å². The summed E-state index contributed by atoms with van der Waals surface area (Å²) < 4.78 is 27.5. The molecule has 26 heavy (non-hydrogen) atoms. The third-order valence-electron chi connectivity index (χ3n) is 4.21. The van der Waals surface area contributed by atoms with Gasteiger partial charge < -0.3 is 5.32 Å². The molecule has 1 amide bonds. The number of sulfonamides is 1. The SMILES string of the molecule is CC(C)c1ccccc1NC(=O)c1ccc(Cl)c(S(=O)(=O)NC2CC2)c1. The van der Waals surface area contributed by atoms with Crippen molar-refractivity contribution >= 4 is 33.2 Å². The van der Waals surface area contributed by atoms with Gasteiger partial charge in [0, 0.05) is 17.3 Å². The zero-order valence-electron chi connectivity index (χ0n) is 14.6. The molecule has 3 rings (SSSR count). The fraction of sp³-hybridized carbons (Fsp3) is 0.316. The second-order valence-electron chi connectivity index (χ2n) is 6.74. The lowest BCUT2D eigenvalue weighted by atomic mass is 10.0. The number of hydrogen-bond acceptors (Lipinski definition) is 3. The summed E-state index contributed by atoms with van der Waals surface area (Å²) in [6.07, 6.45) is 1.64. The number of nitrogens with one attached hydrogen (secondary N) is 2. The van der Waals surface area contributed by atoms with E-state index in [0.717, 1.165) is 18.4 Å². The van der Waals surface area contributed by atoms with Gasteiger partial charge in [0.25, 0.3) is 5.91 Å². The van der Waals surface area contributed by atoms with Crippen LogP contribution in [-0.4, -0.2) is 20.4 Å². The zero-order chi connectivity index (χ0) is 18.9. The molecular formula is C19H21ClN2O3S. The van der Waals surface area contributed by atoms with Crippen LogP contribution in [0.2, 0.25) is 5.02 Å². The Hall–Kier alpha value is -1.89. The first-order valence-corrected chi connectivity index (χ1v) is 10.4. The van der Waals surface area contributed by atoms with Crippen LogP contribution in [0.4, 0.5) is 5.69 Å². The number of rotatable bonds is 6. The van der Waals surface area contributed by atoms with Crippen LogP contribution in [0.25, 0.3) is 0 Å². The van der Waals surface area contributed by atoms with E-state index in [-0.39, 0.29) is 33.3 Å². The maximum atomic E-state index is 12.6. The van der Waals surface area contributed by atoms with Gasteiger partial charge in [-0.3, -0.25) is 4.79 Å². The van der Waals surface area contributed by atoms with Crippen molar-refractivity contribution in [1.82, 2.24) is 4.72 Å². The minimum absolute atomic E-state index is 0.0357. The minimum Gasteiger partial charge on any atom is -0.322 e. The Morgan fingerprint density at radius 2 is 1.85 bits per heavy atom. The fourth-order valence-corrected chi connectivity index (χ4v) is 4.47. The zero-order valence-corrected chi connectivity index (χ0v) is 16.2. The molecule has 0 saturated heterocycles. The Kier molecular flexibility index (Phi) is 5.37. The molecule has 0 spiro atoms. The highest BCUT2D eigenvalue weighted by Gasteiger charge is 2.29. The van der Waals surface area contributed by atoms with E-state index in [4.69, 9.17) is 11.6 Å². The Bertz CT molecular complexity index is 938. The molecule has 0 aromatic heterocycles. The number of benzene rings is 2. The van der Waals surface area contributed by atoms with Gasteiger partial charge in [0.05, 0.1) is 5.02 Å². The van der Waals surface area contributed by atoms with Gasteiger partial charge in [0.2, 0.25) is 10.0 Å². The predicted octanol–water partition coefficient (Wildman–Crippen LogP) is 4.16. The topological polar surface area (TPSA) is 75.3 Å². The molecule has 1 saturated carbocycles. The molecular weight excluding hydrogens is 372 g/mol. The predicted molar refractivity (Wildman–Crippen MR) is 103 cm³/mol. The van der Waals surface area contributed by atoms with E-state index in [1.807, 2.05) is 38.1 Å². The highest BCUT2D eigenvalue weighted by molar-refractivity contribution is 7.89. The number of hydrogen-bond donors (Lipinski definition) is 2. The lowest BCUT2D eigenvalue weighted by molar-refractivity contribution is 0.102. The van der Waals surface area contributed by atoms with Crippen LogP contribution < -0.4 is 10.0 Å². The van der Waals surface area contributed by atoms with E-state index in [0.29, 0.717) is 5.69 Å². The summed E-state index contributed by atoms with van der Waals surface area (Å²) in [5.74, 6) is -0.131. The van der Waals surface area contributed by atoms with Gasteiger partial charge in [-0.2, -0.15) is 0 Å². The van der Waals surface area contributed by atoms with Crippen molar-refractivity contribution in [3.8, 4) is 0 Å². The quantitative estimate of drug-likeness (QED) is 0.775. The Labute approximate surface area is 158 Å². The number of halogens is 1. The molecule has 2 aromatic rings. The lowest BCUT2D eigenvalue weighted by Gasteiger charge is -2.14. The highest BCUT2D eigenvalue weighted by Crippen LogP contribution is 2.28. The van der Waals surface area contributed by atoms with Crippen LogP contribution in [0.1, 0.15) is 48.5 Å². The molecule has 1 aliphatic rings. The summed E-state index contributed by atoms with van der Waals surface area (Å²) >= 11 is 6.07. The van der Waals surface area contributed by atoms with E-state index < -0.39 is 10.0 Å². The van der Waals surface area contributed by atoms with Gasteiger partial charge in [0.1, 0.15) is 4.90 Å². The first-order valence-electron chi connectivity index (χ1n) is 8.50. The summed E-state index contributed by atoms with van der Waals surface area (Å²) in [7, 11) is -3.74. The summed E-state index contributed by atoms with van der Waals surface area (Å²) in [6, 6.07) is 11.8. The van der Waals surface area contributed by atoms with E-state index in [1.54, 1.807) is 0 Å². The Balaban J connectivity index is 1.88. The Morgan fingerprint density at radius 3 is 2.50 bits per heavy atom. The van der Waals surface area contributed by atoms with Crippen LogP contribution >= 0.6 is 11.6 Å². The maximum absolute atomic E-state index is 12.6. The van der Waals surface area contributed by atoms with Crippen LogP contribution in [0, 0.1) is 0 Å². The number of amides is 1. The fourth-order valence-electron chi connectivity index (χ4n) is 2.64. The molecule has 2 aromatic carbocycles. The first kappa shape index (κ1) is 18.9. The van der Waals surface area contributed by atoms with E-state index >= 15 is 0 Å². The van der Waals surface area contributed by atoms with Crippen LogP contribution in [0.3, 0.4) is 0 Å². The summed E-state index contributed by atoms with van der Waals surface area (Å²) in [5.41, 5.74) is 1.96. The Morgan fingerprint density at radius 1 is 1.15 bits per heavy atom. The highest BCUT2D eigenvalue weighted by atomic mass is 35.5. The normalized spacial score (nSPS) is 14.5. The van der Waals surface area contributed by atoms with Crippen molar-refractivity contribution in [1.29, 1.82) is 0 Å². The van der Waals surface area contributed by atoms with Crippen molar-refractivity contribution < 1.29 is 13.2 Å². The van der Waals surface area contributed by atoms with Gasteiger partial charge in [-0.15, -0.1) is 0 Å². The number of carbonyl (C=O) groups is 1. The molecule has 5 nitrogen and oxygen atoms in total. The monoisotopic (exact) mass is 392 g/mol. The average molecular weight is 393 g/mol. The van der Waals surface area contributed by atoms with Crippen LogP contribution in [0.15, 0.2) is 47.4 Å². The summed E-state index contributed by atoms with van der Waals surface area (Å²) in [6.45, 7) is 4.09. The molecule has 1 aliphatic carbocycles. The molecule has 0 heterocycles. The van der Waals surface area contributed by atoms with E-state index in [1.165, 1.54) is 18.2 Å². The molecule has 1 fully saturated rings. The van der Waals surface area contributed by atoms with E-state index in [2.05, 4.69) is 10.0 Å².